The van der Waals surface area contributed by atoms with Crippen molar-refractivity contribution in [3.63, 3.8) is 0 Å². The molecule has 0 amide bonds. The Bertz CT molecular complexity index is 651. The van der Waals surface area contributed by atoms with Crippen molar-refractivity contribution in [1.82, 2.24) is 0 Å². The molecule has 0 saturated carbocycles. The topological polar surface area (TPSA) is 29.1 Å². The van der Waals surface area contributed by atoms with Gasteiger partial charge in [-0.1, -0.05) is 30.3 Å². The summed E-state index contributed by atoms with van der Waals surface area (Å²) in [5, 5.41) is 2.84. The summed E-state index contributed by atoms with van der Waals surface area (Å²) in [5.41, 5.74) is 1.50. The Morgan fingerprint density at radius 2 is 1.75 bits per heavy atom. The molecule has 4 heteroatoms. The van der Waals surface area contributed by atoms with Gasteiger partial charge in [-0.25, -0.2) is 8.78 Å². The fraction of sp³-hybridized carbons (Fsp3) is 0.0625. The van der Waals surface area contributed by atoms with Gasteiger partial charge < -0.3 is 5.32 Å². The van der Waals surface area contributed by atoms with E-state index in [1.54, 1.807) is 31.2 Å². The Morgan fingerprint density at radius 1 is 1.05 bits per heavy atom. The second kappa shape index (κ2) is 6.10. The molecule has 2 nitrogen and oxygen atoms in total. The highest BCUT2D eigenvalue weighted by atomic mass is 19.2. The van der Waals surface area contributed by atoms with Crippen molar-refractivity contribution in [2.75, 3.05) is 5.32 Å². The number of ketones is 1. The summed E-state index contributed by atoms with van der Waals surface area (Å²) >= 11 is 0. The second-order valence-electron chi connectivity index (χ2n) is 4.31. The molecule has 1 N–H and O–H groups in total. The van der Waals surface area contributed by atoms with Crippen LogP contribution in [0.2, 0.25) is 0 Å². The zero-order valence-corrected chi connectivity index (χ0v) is 10.9. The molecule has 0 aliphatic carbocycles. The molecule has 0 atom stereocenters. The predicted molar refractivity (Wildman–Crippen MR) is 74.5 cm³/mol. The van der Waals surface area contributed by atoms with Crippen LogP contribution in [0, 0.1) is 11.6 Å². The molecule has 2 aromatic rings. The third-order valence-corrected chi connectivity index (χ3v) is 2.67. The third kappa shape index (κ3) is 3.51. The van der Waals surface area contributed by atoms with Crippen LogP contribution in [-0.2, 0) is 0 Å². The molecule has 0 heterocycles. The van der Waals surface area contributed by atoms with Gasteiger partial charge in [0.15, 0.2) is 17.4 Å². The van der Waals surface area contributed by atoms with Crippen molar-refractivity contribution >= 4 is 11.5 Å². The van der Waals surface area contributed by atoms with Crippen LogP contribution < -0.4 is 5.32 Å². The molecule has 0 aromatic heterocycles. The Labute approximate surface area is 115 Å². The normalized spacial score (nSPS) is 11.2. The van der Waals surface area contributed by atoms with Gasteiger partial charge in [-0.05, 0) is 19.1 Å². The summed E-state index contributed by atoms with van der Waals surface area (Å²) < 4.78 is 25.9. The Kier molecular flexibility index (Phi) is 4.25. The Balaban J connectivity index is 2.11. The van der Waals surface area contributed by atoms with E-state index in [9.17, 15) is 13.6 Å². The van der Waals surface area contributed by atoms with Crippen LogP contribution in [0.3, 0.4) is 0 Å². The number of hydrogen-bond acceptors (Lipinski definition) is 2. The van der Waals surface area contributed by atoms with Crippen LogP contribution in [0.1, 0.15) is 17.3 Å². The molecule has 102 valence electrons. The lowest BCUT2D eigenvalue weighted by atomic mass is 10.1. The molecule has 20 heavy (non-hydrogen) atoms. The number of hydrogen-bond donors (Lipinski definition) is 1. The zero-order chi connectivity index (χ0) is 14.5. The SMILES string of the molecule is C/C(=C\C(=O)c1ccccc1)Nc1ccc(F)c(F)c1. The van der Waals surface area contributed by atoms with Gasteiger partial charge in [-0.2, -0.15) is 0 Å². The first-order valence-electron chi connectivity index (χ1n) is 6.06. The molecule has 0 aliphatic rings. The van der Waals surface area contributed by atoms with E-state index in [1.165, 1.54) is 12.1 Å². The molecule has 0 saturated heterocycles. The maximum Gasteiger partial charge on any atom is 0.187 e. The molecular formula is C16H13F2NO. The minimum atomic E-state index is -0.933. The fourth-order valence-electron chi connectivity index (χ4n) is 1.72. The maximum absolute atomic E-state index is 13.1. The summed E-state index contributed by atoms with van der Waals surface area (Å²) in [6, 6.07) is 12.3. The first-order valence-corrected chi connectivity index (χ1v) is 6.06. The second-order valence-corrected chi connectivity index (χ2v) is 4.31. The molecule has 0 fully saturated rings. The summed E-state index contributed by atoms with van der Waals surface area (Å²) in [7, 11) is 0. The maximum atomic E-state index is 13.1. The van der Waals surface area contributed by atoms with Crippen molar-refractivity contribution in [3.8, 4) is 0 Å². The van der Waals surface area contributed by atoms with Crippen molar-refractivity contribution in [2.45, 2.75) is 6.92 Å². The van der Waals surface area contributed by atoms with Crippen molar-refractivity contribution in [3.05, 3.63) is 77.5 Å². The fourth-order valence-corrected chi connectivity index (χ4v) is 1.72. The first-order chi connectivity index (χ1) is 9.56. The monoisotopic (exact) mass is 273 g/mol. The summed E-state index contributed by atoms with van der Waals surface area (Å²) in [5.74, 6) is -1.99. The van der Waals surface area contributed by atoms with E-state index < -0.39 is 11.6 Å². The van der Waals surface area contributed by atoms with Crippen molar-refractivity contribution in [2.24, 2.45) is 0 Å². The van der Waals surface area contributed by atoms with Gasteiger partial charge >= 0.3 is 0 Å². The standard InChI is InChI=1S/C16H13F2NO/c1-11(9-16(20)12-5-3-2-4-6-12)19-13-7-8-14(17)15(18)10-13/h2-10,19H,1H3/b11-9+. The quantitative estimate of drug-likeness (QED) is 0.669. The third-order valence-electron chi connectivity index (χ3n) is 2.67. The number of nitrogens with one attached hydrogen (secondary N) is 1. The minimum Gasteiger partial charge on any atom is -0.359 e. The van der Waals surface area contributed by atoms with E-state index in [0.717, 1.165) is 12.1 Å². The smallest absolute Gasteiger partial charge is 0.187 e. The molecule has 0 radical (unpaired) electrons. The first kappa shape index (κ1) is 13.9. The number of rotatable bonds is 4. The van der Waals surface area contributed by atoms with Crippen molar-refractivity contribution in [1.29, 1.82) is 0 Å². The largest absolute Gasteiger partial charge is 0.359 e. The lowest BCUT2D eigenvalue weighted by molar-refractivity contribution is 0.104. The van der Waals surface area contributed by atoms with Gasteiger partial charge in [0, 0.05) is 29.1 Å². The minimum absolute atomic E-state index is 0.154. The number of carbonyl (C=O) groups is 1. The van der Waals surface area contributed by atoms with Crippen LogP contribution in [0.4, 0.5) is 14.5 Å². The summed E-state index contributed by atoms with van der Waals surface area (Å²) in [4.78, 5) is 11.9. The number of allylic oxidation sites excluding steroid dienone is 2. The van der Waals surface area contributed by atoms with Crippen LogP contribution in [-0.4, -0.2) is 5.78 Å². The lowest BCUT2D eigenvalue weighted by Crippen LogP contribution is -2.01. The van der Waals surface area contributed by atoms with Crippen LogP contribution in [0.5, 0.6) is 0 Å². The van der Waals surface area contributed by atoms with Gasteiger partial charge in [0.2, 0.25) is 0 Å². The van der Waals surface area contributed by atoms with E-state index in [1.807, 2.05) is 6.07 Å². The van der Waals surface area contributed by atoms with Crippen LogP contribution in [0.15, 0.2) is 60.3 Å². The van der Waals surface area contributed by atoms with E-state index in [4.69, 9.17) is 0 Å². The number of anilines is 1. The zero-order valence-electron chi connectivity index (χ0n) is 10.9. The molecule has 2 rings (SSSR count). The predicted octanol–water partition coefficient (Wildman–Crippen LogP) is 4.16. The average molecular weight is 273 g/mol. The van der Waals surface area contributed by atoms with Gasteiger partial charge in [-0.3, -0.25) is 4.79 Å². The molecule has 0 bridgehead atoms. The van der Waals surface area contributed by atoms with E-state index in [-0.39, 0.29) is 5.78 Å². The van der Waals surface area contributed by atoms with E-state index in [2.05, 4.69) is 5.32 Å². The van der Waals surface area contributed by atoms with Crippen LogP contribution >= 0.6 is 0 Å². The van der Waals surface area contributed by atoms with Gasteiger partial charge in [0.25, 0.3) is 0 Å². The van der Waals surface area contributed by atoms with Gasteiger partial charge in [0.1, 0.15) is 0 Å². The lowest BCUT2D eigenvalue weighted by Gasteiger charge is -2.06. The molecule has 0 spiro atoms. The molecular weight excluding hydrogens is 260 g/mol. The molecule has 2 aromatic carbocycles. The molecule has 0 unspecified atom stereocenters. The van der Waals surface area contributed by atoms with Gasteiger partial charge in [-0.15, -0.1) is 0 Å². The van der Waals surface area contributed by atoms with Crippen molar-refractivity contribution < 1.29 is 13.6 Å². The van der Waals surface area contributed by atoms with E-state index >= 15 is 0 Å². The average Bonchev–Trinajstić information content (AvgIpc) is 2.44. The molecule has 0 aliphatic heterocycles. The Hall–Kier alpha value is -2.49. The summed E-state index contributed by atoms with van der Waals surface area (Å²) in [6.45, 7) is 1.68. The highest BCUT2D eigenvalue weighted by molar-refractivity contribution is 6.05. The highest BCUT2D eigenvalue weighted by Gasteiger charge is 2.04. The number of halogens is 2. The van der Waals surface area contributed by atoms with E-state index in [0.29, 0.717) is 16.9 Å². The van der Waals surface area contributed by atoms with Crippen LogP contribution in [0.25, 0.3) is 0 Å². The van der Waals surface area contributed by atoms with Gasteiger partial charge in [0.05, 0.1) is 0 Å². The number of benzene rings is 2. The highest BCUT2D eigenvalue weighted by Crippen LogP contribution is 2.15. The Morgan fingerprint density at radius 3 is 2.40 bits per heavy atom. The number of carbonyl (C=O) groups excluding carboxylic acids is 1. The summed E-state index contributed by atoms with van der Waals surface area (Å²) in [6.07, 6.45) is 1.41.